The van der Waals surface area contributed by atoms with Crippen molar-refractivity contribution in [3.8, 4) is 0 Å². The van der Waals surface area contributed by atoms with Crippen LogP contribution in [-0.4, -0.2) is 13.6 Å². The third kappa shape index (κ3) is 4.18. The molecule has 124 valence electrons. The van der Waals surface area contributed by atoms with Crippen LogP contribution in [0, 0.1) is 6.92 Å². The molecule has 1 N–H and O–H groups in total. The number of aryl methyl sites for hydroxylation is 1. The number of thioether (sulfide) groups is 1. The Kier molecular flexibility index (Phi) is 4.92. The van der Waals surface area contributed by atoms with Gasteiger partial charge in [-0.3, -0.25) is 4.72 Å². The molecule has 5 nitrogen and oxygen atoms in total. The minimum Gasteiger partial charge on any atom is -0.360 e. The SMILES string of the molecule is Cc1cc(NS(=O)(=O)c2ccc(SCc3ccccc3)cc2)no1. The van der Waals surface area contributed by atoms with Gasteiger partial charge >= 0.3 is 0 Å². The van der Waals surface area contributed by atoms with Crippen LogP contribution in [-0.2, 0) is 15.8 Å². The second-order valence-electron chi connectivity index (χ2n) is 5.17. The van der Waals surface area contributed by atoms with Gasteiger partial charge in [-0.25, -0.2) is 8.42 Å². The first-order chi connectivity index (χ1) is 11.5. The maximum absolute atomic E-state index is 12.3. The highest BCUT2D eigenvalue weighted by molar-refractivity contribution is 7.98. The van der Waals surface area contributed by atoms with Crippen LogP contribution in [0.25, 0.3) is 0 Å². The summed E-state index contributed by atoms with van der Waals surface area (Å²) in [5.41, 5.74) is 1.22. The largest absolute Gasteiger partial charge is 0.360 e. The third-order valence-electron chi connectivity index (χ3n) is 3.25. The van der Waals surface area contributed by atoms with E-state index in [1.54, 1.807) is 43.0 Å². The van der Waals surface area contributed by atoms with Crippen LogP contribution in [0.3, 0.4) is 0 Å². The molecule has 3 aromatic rings. The highest BCUT2D eigenvalue weighted by Gasteiger charge is 2.16. The van der Waals surface area contributed by atoms with E-state index < -0.39 is 10.0 Å². The van der Waals surface area contributed by atoms with Crippen LogP contribution >= 0.6 is 11.8 Å². The van der Waals surface area contributed by atoms with Gasteiger partial charge in [0.2, 0.25) is 0 Å². The molecular weight excluding hydrogens is 344 g/mol. The maximum Gasteiger partial charge on any atom is 0.263 e. The monoisotopic (exact) mass is 360 g/mol. The topological polar surface area (TPSA) is 72.2 Å². The highest BCUT2D eigenvalue weighted by atomic mass is 32.2. The van der Waals surface area contributed by atoms with E-state index in [0.29, 0.717) is 5.76 Å². The van der Waals surface area contributed by atoms with Crippen molar-refractivity contribution in [3.63, 3.8) is 0 Å². The number of hydrogen-bond donors (Lipinski definition) is 1. The molecule has 0 saturated carbocycles. The number of sulfonamides is 1. The van der Waals surface area contributed by atoms with E-state index >= 15 is 0 Å². The zero-order chi connectivity index (χ0) is 17.0. The normalized spacial score (nSPS) is 11.4. The molecule has 0 unspecified atom stereocenters. The Hall–Kier alpha value is -2.25. The van der Waals surface area contributed by atoms with E-state index in [1.165, 1.54) is 11.6 Å². The van der Waals surface area contributed by atoms with Crippen molar-refractivity contribution in [1.29, 1.82) is 0 Å². The summed E-state index contributed by atoms with van der Waals surface area (Å²) in [6, 6.07) is 18.4. The quantitative estimate of drug-likeness (QED) is 0.671. The second kappa shape index (κ2) is 7.11. The average molecular weight is 360 g/mol. The van der Waals surface area contributed by atoms with Crippen LogP contribution in [0.4, 0.5) is 5.82 Å². The molecule has 24 heavy (non-hydrogen) atoms. The Bertz CT molecular complexity index is 905. The van der Waals surface area contributed by atoms with Crippen LogP contribution in [0.1, 0.15) is 11.3 Å². The molecule has 0 aliphatic rings. The lowest BCUT2D eigenvalue weighted by Gasteiger charge is -2.06. The fraction of sp³-hybridized carbons (Fsp3) is 0.118. The first-order valence-electron chi connectivity index (χ1n) is 7.26. The van der Waals surface area contributed by atoms with Gasteiger partial charge < -0.3 is 4.52 Å². The molecule has 0 amide bonds. The van der Waals surface area contributed by atoms with Crippen LogP contribution < -0.4 is 4.72 Å². The van der Waals surface area contributed by atoms with E-state index in [0.717, 1.165) is 10.6 Å². The summed E-state index contributed by atoms with van der Waals surface area (Å²) in [7, 11) is -3.67. The number of hydrogen-bond acceptors (Lipinski definition) is 5. The summed E-state index contributed by atoms with van der Waals surface area (Å²) >= 11 is 1.66. The van der Waals surface area contributed by atoms with Gasteiger partial charge in [0, 0.05) is 16.7 Å². The minimum absolute atomic E-state index is 0.176. The molecule has 1 heterocycles. The Labute approximate surface area is 145 Å². The lowest BCUT2D eigenvalue weighted by Crippen LogP contribution is -2.12. The Balaban J connectivity index is 1.67. The molecule has 1 aromatic heterocycles. The first-order valence-corrected chi connectivity index (χ1v) is 9.73. The molecule has 0 saturated heterocycles. The molecule has 3 rings (SSSR count). The molecule has 2 aromatic carbocycles. The van der Waals surface area contributed by atoms with E-state index in [-0.39, 0.29) is 10.7 Å². The smallest absolute Gasteiger partial charge is 0.263 e. The maximum atomic E-state index is 12.3. The predicted molar refractivity (Wildman–Crippen MR) is 94.5 cm³/mol. The Morgan fingerprint density at radius 3 is 2.42 bits per heavy atom. The van der Waals surface area contributed by atoms with Crippen molar-refractivity contribution in [3.05, 3.63) is 72.0 Å². The van der Waals surface area contributed by atoms with Crippen molar-refractivity contribution in [2.75, 3.05) is 4.72 Å². The van der Waals surface area contributed by atoms with Gasteiger partial charge in [-0.2, -0.15) is 0 Å². The number of nitrogens with zero attached hydrogens (tertiary/aromatic N) is 1. The van der Waals surface area contributed by atoms with Gasteiger partial charge in [0.1, 0.15) is 5.76 Å². The molecule has 0 fully saturated rings. The van der Waals surface area contributed by atoms with Gasteiger partial charge in [-0.05, 0) is 36.8 Å². The lowest BCUT2D eigenvalue weighted by molar-refractivity contribution is 0.400. The Morgan fingerprint density at radius 2 is 1.79 bits per heavy atom. The summed E-state index contributed by atoms with van der Waals surface area (Å²) in [5.74, 6) is 1.55. The second-order valence-corrected chi connectivity index (χ2v) is 7.91. The molecule has 0 aliphatic carbocycles. The standard InChI is InChI=1S/C17H16N2O3S2/c1-13-11-17(18-22-13)19-24(20,21)16-9-7-15(8-10-16)23-12-14-5-3-2-4-6-14/h2-11H,12H2,1H3,(H,18,19). The van der Waals surface area contributed by atoms with Crippen molar-refractivity contribution in [1.82, 2.24) is 5.16 Å². The lowest BCUT2D eigenvalue weighted by atomic mass is 10.2. The first kappa shape index (κ1) is 16.6. The van der Waals surface area contributed by atoms with Crippen molar-refractivity contribution < 1.29 is 12.9 Å². The number of aromatic nitrogens is 1. The van der Waals surface area contributed by atoms with Gasteiger partial charge in [0.05, 0.1) is 4.90 Å². The summed E-state index contributed by atoms with van der Waals surface area (Å²) in [6.45, 7) is 1.70. The zero-order valence-corrected chi connectivity index (χ0v) is 14.6. The van der Waals surface area contributed by atoms with Gasteiger partial charge in [-0.1, -0.05) is 35.5 Å². The number of rotatable bonds is 6. The van der Waals surface area contributed by atoms with Gasteiger partial charge in [0.15, 0.2) is 5.82 Å². The zero-order valence-electron chi connectivity index (χ0n) is 13.0. The molecule has 7 heteroatoms. The predicted octanol–water partition coefficient (Wildman–Crippen LogP) is 4.08. The highest BCUT2D eigenvalue weighted by Crippen LogP contribution is 2.24. The van der Waals surface area contributed by atoms with Crippen molar-refractivity contribution >= 4 is 27.6 Å². The van der Waals surface area contributed by atoms with E-state index in [1.807, 2.05) is 18.2 Å². The molecule has 0 radical (unpaired) electrons. The summed E-state index contributed by atoms with van der Waals surface area (Å²) in [6.07, 6.45) is 0. The third-order valence-corrected chi connectivity index (χ3v) is 5.70. The molecule has 0 bridgehead atoms. The summed E-state index contributed by atoms with van der Waals surface area (Å²) < 4.78 is 31.9. The van der Waals surface area contributed by atoms with Gasteiger partial charge in [0.25, 0.3) is 10.0 Å². The van der Waals surface area contributed by atoms with Crippen LogP contribution in [0.15, 0.2) is 75.0 Å². The Morgan fingerprint density at radius 1 is 1.08 bits per heavy atom. The summed E-state index contributed by atoms with van der Waals surface area (Å²) in [4.78, 5) is 1.20. The average Bonchev–Trinajstić information content (AvgIpc) is 2.98. The summed E-state index contributed by atoms with van der Waals surface area (Å²) in [5, 5.41) is 3.64. The minimum atomic E-state index is -3.67. The van der Waals surface area contributed by atoms with E-state index in [9.17, 15) is 8.42 Å². The molecular formula is C17H16N2O3S2. The van der Waals surface area contributed by atoms with E-state index in [2.05, 4.69) is 22.0 Å². The van der Waals surface area contributed by atoms with Crippen molar-refractivity contribution in [2.45, 2.75) is 22.5 Å². The van der Waals surface area contributed by atoms with Crippen LogP contribution in [0.2, 0.25) is 0 Å². The van der Waals surface area contributed by atoms with Gasteiger partial charge in [-0.15, -0.1) is 11.8 Å². The number of benzene rings is 2. The fourth-order valence-corrected chi connectivity index (χ4v) is 3.91. The number of anilines is 1. The fourth-order valence-electron chi connectivity index (χ4n) is 2.07. The van der Waals surface area contributed by atoms with Crippen LogP contribution in [0.5, 0.6) is 0 Å². The van der Waals surface area contributed by atoms with E-state index in [4.69, 9.17) is 4.52 Å². The van der Waals surface area contributed by atoms with Crippen molar-refractivity contribution in [2.24, 2.45) is 0 Å². The molecule has 0 spiro atoms. The molecule has 0 atom stereocenters. The number of nitrogens with one attached hydrogen (secondary N) is 1. The molecule has 0 aliphatic heterocycles.